The molecule has 0 radical (unpaired) electrons. The second kappa shape index (κ2) is 11.2. The van der Waals surface area contributed by atoms with Crippen LogP contribution in [0.5, 0.6) is 0 Å². The molecule has 7 nitrogen and oxygen atoms in total. The van der Waals surface area contributed by atoms with Crippen LogP contribution in [0.3, 0.4) is 0 Å². The molecule has 180 valence electrons. The lowest BCUT2D eigenvalue weighted by Gasteiger charge is -2.32. The Kier molecular flexibility index (Phi) is 9.17. The molecule has 0 aliphatic rings. The third-order valence-electron chi connectivity index (χ3n) is 4.92. The van der Waals surface area contributed by atoms with E-state index < -0.39 is 28.5 Å². The highest BCUT2D eigenvalue weighted by Crippen LogP contribution is 2.24. The van der Waals surface area contributed by atoms with Crippen LogP contribution in [0.1, 0.15) is 31.9 Å². The van der Waals surface area contributed by atoms with E-state index in [4.69, 9.17) is 23.2 Å². The minimum atomic E-state index is -3.77. The monoisotopic (exact) mass is 513 g/mol. The van der Waals surface area contributed by atoms with Crippen LogP contribution < -0.4 is 9.62 Å². The number of benzene rings is 2. The first kappa shape index (κ1) is 27.0. The normalized spacial score (nSPS) is 12.4. The molecule has 33 heavy (non-hydrogen) atoms. The third-order valence-corrected chi connectivity index (χ3v) is 6.65. The van der Waals surface area contributed by atoms with Gasteiger partial charge in [-0.15, -0.1) is 0 Å². The number of anilines is 1. The van der Waals surface area contributed by atoms with E-state index in [9.17, 15) is 18.0 Å². The Bertz CT molecular complexity index is 1120. The van der Waals surface area contributed by atoms with E-state index in [1.165, 1.54) is 4.90 Å². The van der Waals surface area contributed by atoms with Gasteiger partial charge in [-0.25, -0.2) is 8.42 Å². The summed E-state index contributed by atoms with van der Waals surface area (Å²) in [5.41, 5.74) is 1.80. The fourth-order valence-corrected chi connectivity index (χ4v) is 4.53. The number of nitrogens with one attached hydrogen (secondary N) is 1. The predicted octanol–water partition coefficient (Wildman–Crippen LogP) is 4.01. The minimum absolute atomic E-state index is 0.00688. The zero-order valence-corrected chi connectivity index (χ0v) is 21.6. The van der Waals surface area contributed by atoms with Gasteiger partial charge in [0.05, 0.1) is 11.9 Å². The van der Waals surface area contributed by atoms with Crippen molar-refractivity contribution in [1.82, 2.24) is 10.2 Å². The number of halogens is 2. The number of carbonyl (C=O) groups excluding carboxylic acids is 2. The first-order valence-corrected chi connectivity index (χ1v) is 13.0. The maximum absolute atomic E-state index is 13.4. The summed E-state index contributed by atoms with van der Waals surface area (Å²) in [5.74, 6) is -0.899. The Hall–Kier alpha value is -2.29. The van der Waals surface area contributed by atoms with Crippen LogP contribution in [-0.2, 0) is 26.2 Å². The maximum Gasteiger partial charge on any atom is 0.244 e. The van der Waals surface area contributed by atoms with Gasteiger partial charge in [0.25, 0.3) is 0 Å². The summed E-state index contributed by atoms with van der Waals surface area (Å²) in [7, 11) is -3.77. The first-order chi connectivity index (χ1) is 15.3. The van der Waals surface area contributed by atoms with Gasteiger partial charge in [-0.05, 0) is 63.1 Å². The summed E-state index contributed by atoms with van der Waals surface area (Å²) in [6.45, 7) is 6.60. The average molecular weight is 514 g/mol. The molecule has 2 aromatic rings. The Labute approximate surface area is 205 Å². The molecule has 1 atom stereocenters. The molecule has 2 rings (SSSR count). The molecule has 0 aliphatic heterocycles. The van der Waals surface area contributed by atoms with E-state index in [0.717, 1.165) is 16.1 Å². The molecular weight excluding hydrogens is 485 g/mol. The zero-order valence-electron chi connectivity index (χ0n) is 19.3. The minimum Gasteiger partial charge on any atom is -0.352 e. The topological polar surface area (TPSA) is 86.8 Å². The molecular formula is C23H29Cl2N3O4S. The fraction of sp³-hybridized carbons (Fsp3) is 0.391. The van der Waals surface area contributed by atoms with Crippen LogP contribution >= 0.6 is 23.2 Å². The lowest BCUT2D eigenvalue weighted by atomic mass is 10.1. The molecule has 0 heterocycles. The van der Waals surface area contributed by atoms with Gasteiger partial charge in [-0.2, -0.15) is 0 Å². The smallest absolute Gasteiger partial charge is 0.244 e. The van der Waals surface area contributed by atoms with Crippen molar-refractivity contribution in [1.29, 1.82) is 0 Å². The van der Waals surface area contributed by atoms with E-state index in [1.54, 1.807) is 43.3 Å². The van der Waals surface area contributed by atoms with Gasteiger partial charge in [0.15, 0.2) is 0 Å². The van der Waals surface area contributed by atoms with E-state index in [1.807, 2.05) is 26.8 Å². The molecule has 0 saturated heterocycles. The third kappa shape index (κ3) is 7.62. The largest absolute Gasteiger partial charge is 0.352 e. The van der Waals surface area contributed by atoms with Crippen LogP contribution in [0.25, 0.3) is 0 Å². The first-order valence-electron chi connectivity index (χ1n) is 10.4. The Morgan fingerprint density at radius 1 is 1.06 bits per heavy atom. The van der Waals surface area contributed by atoms with Crippen LogP contribution in [0.2, 0.25) is 10.0 Å². The molecule has 0 aliphatic carbocycles. The Balaban J connectivity index is 2.42. The van der Waals surface area contributed by atoms with Crippen molar-refractivity contribution in [3.8, 4) is 0 Å². The Morgan fingerprint density at radius 2 is 1.73 bits per heavy atom. The standard InChI is InChI=1S/C23H29Cl2N3O4S/c1-15(2)26-23(30)17(4)27(13-18-9-10-19(24)12-21(18)25)22(29)14-28(33(5,31)32)20-8-6-7-16(3)11-20/h6-12,15,17H,13-14H2,1-5H3,(H,26,30)/t17-/m1/s1. The lowest BCUT2D eigenvalue weighted by Crippen LogP contribution is -2.52. The van der Waals surface area contributed by atoms with E-state index in [0.29, 0.717) is 21.3 Å². The zero-order chi connectivity index (χ0) is 24.9. The summed E-state index contributed by atoms with van der Waals surface area (Å²) in [6.07, 6.45) is 1.04. The summed E-state index contributed by atoms with van der Waals surface area (Å²) in [4.78, 5) is 27.5. The number of nitrogens with zero attached hydrogens (tertiary/aromatic N) is 2. The van der Waals surface area contributed by atoms with Gasteiger partial charge in [-0.1, -0.05) is 41.4 Å². The van der Waals surface area contributed by atoms with Gasteiger partial charge in [0.2, 0.25) is 21.8 Å². The predicted molar refractivity (Wildman–Crippen MR) is 133 cm³/mol. The number of carbonyl (C=O) groups is 2. The number of hydrogen-bond acceptors (Lipinski definition) is 4. The fourth-order valence-electron chi connectivity index (χ4n) is 3.22. The molecule has 0 unspecified atom stereocenters. The number of sulfonamides is 1. The summed E-state index contributed by atoms with van der Waals surface area (Å²) in [5, 5.41) is 3.57. The molecule has 0 fully saturated rings. The second-order valence-electron chi connectivity index (χ2n) is 8.21. The second-order valence-corrected chi connectivity index (χ2v) is 11.0. The molecule has 0 spiro atoms. The highest BCUT2D eigenvalue weighted by atomic mass is 35.5. The van der Waals surface area contributed by atoms with Crippen molar-refractivity contribution >= 4 is 50.7 Å². The number of aryl methyl sites for hydroxylation is 1. The van der Waals surface area contributed by atoms with E-state index in [-0.39, 0.29) is 18.5 Å². The molecule has 0 bridgehead atoms. The number of amides is 2. The molecule has 0 saturated carbocycles. The van der Waals surface area contributed by atoms with Gasteiger partial charge in [0, 0.05) is 22.6 Å². The summed E-state index contributed by atoms with van der Waals surface area (Å²) in [6, 6.07) is 10.7. The van der Waals surface area contributed by atoms with Crippen LogP contribution in [0, 0.1) is 6.92 Å². The average Bonchev–Trinajstić information content (AvgIpc) is 2.69. The molecule has 10 heteroatoms. The van der Waals surface area contributed by atoms with Crippen LogP contribution in [0.15, 0.2) is 42.5 Å². The molecule has 1 N–H and O–H groups in total. The van der Waals surface area contributed by atoms with Crippen LogP contribution in [0.4, 0.5) is 5.69 Å². The van der Waals surface area contributed by atoms with Crippen molar-refractivity contribution in [3.05, 3.63) is 63.6 Å². The van der Waals surface area contributed by atoms with E-state index >= 15 is 0 Å². The summed E-state index contributed by atoms with van der Waals surface area (Å²) < 4.78 is 26.1. The van der Waals surface area contributed by atoms with Crippen molar-refractivity contribution < 1.29 is 18.0 Å². The number of rotatable bonds is 9. The van der Waals surface area contributed by atoms with Crippen molar-refractivity contribution in [2.75, 3.05) is 17.1 Å². The molecule has 0 aromatic heterocycles. The highest BCUT2D eigenvalue weighted by Gasteiger charge is 2.30. The lowest BCUT2D eigenvalue weighted by molar-refractivity contribution is -0.139. The number of hydrogen-bond donors (Lipinski definition) is 1. The quantitative estimate of drug-likeness (QED) is 0.548. The highest BCUT2D eigenvalue weighted by molar-refractivity contribution is 7.92. The Morgan fingerprint density at radius 3 is 2.27 bits per heavy atom. The van der Waals surface area contributed by atoms with Crippen LogP contribution in [-0.4, -0.2) is 50.0 Å². The molecule has 2 aromatic carbocycles. The SMILES string of the molecule is Cc1cccc(N(CC(=O)N(Cc2ccc(Cl)cc2Cl)[C@H](C)C(=O)NC(C)C)S(C)(=O)=O)c1. The van der Waals surface area contributed by atoms with Crippen molar-refractivity contribution in [2.45, 2.75) is 46.3 Å². The van der Waals surface area contributed by atoms with Gasteiger partial charge < -0.3 is 10.2 Å². The maximum atomic E-state index is 13.4. The molecule has 2 amide bonds. The van der Waals surface area contributed by atoms with Gasteiger partial charge >= 0.3 is 0 Å². The van der Waals surface area contributed by atoms with E-state index in [2.05, 4.69) is 5.32 Å². The van der Waals surface area contributed by atoms with Gasteiger partial charge in [-0.3, -0.25) is 13.9 Å². The van der Waals surface area contributed by atoms with Crippen molar-refractivity contribution in [2.24, 2.45) is 0 Å². The summed E-state index contributed by atoms with van der Waals surface area (Å²) >= 11 is 12.3. The van der Waals surface area contributed by atoms with Gasteiger partial charge in [0.1, 0.15) is 12.6 Å². The van der Waals surface area contributed by atoms with Crippen molar-refractivity contribution in [3.63, 3.8) is 0 Å².